The summed E-state index contributed by atoms with van der Waals surface area (Å²) in [5.41, 5.74) is 0.383. The van der Waals surface area contributed by atoms with Gasteiger partial charge in [0.1, 0.15) is 11.5 Å². The van der Waals surface area contributed by atoms with Gasteiger partial charge in [-0.15, -0.1) is 0 Å². The number of aryl methyl sites for hydroxylation is 1. The number of rotatable bonds is 6. The Balaban J connectivity index is 1.68. The average Bonchev–Trinajstić information content (AvgIpc) is 3.26. The molecular formula is C17H19ClN8O. The van der Waals surface area contributed by atoms with Crippen LogP contribution in [0.2, 0.25) is 5.15 Å². The summed E-state index contributed by atoms with van der Waals surface area (Å²) in [4.78, 5) is 27.8. The minimum Gasteiger partial charge on any atom is -0.328 e. The highest BCUT2D eigenvalue weighted by Gasteiger charge is 2.34. The van der Waals surface area contributed by atoms with E-state index >= 15 is 0 Å². The van der Waals surface area contributed by atoms with E-state index in [2.05, 4.69) is 25.1 Å². The van der Waals surface area contributed by atoms with Gasteiger partial charge in [-0.3, -0.25) is 9.48 Å². The summed E-state index contributed by atoms with van der Waals surface area (Å²) in [6.45, 7) is 2.56. The Hall–Kier alpha value is -2.81. The van der Waals surface area contributed by atoms with E-state index in [1.165, 1.54) is 17.2 Å². The summed E-state index contributed by atoms with van der Waals surface area (Å²) < 4.78 is 3.04. The molecule has 1 aliphatic carbocycles. The van der Waals surface area contributed by atoms with Gasteiger partial charge in [0.2, 0.25) is 0 Å². The molecule has 1 unspecified atom stereocenters. The Morgan fingerprint density at radius 1 is 1.30 bits per heavy atom. The van der Waals surface area contributed by atoms with E-state index in [1.807, 2.05) is 6.92 Å². The first-order valence-electron chi connectivity index (χ1n) is 8.72. The Morgan fingerprint density at radius 2 is 2.04 bits per heavy atom. The van der Waals surface area contributed by atoms with E-state index in [0.717, 1.165) is 12.8 Å². The maximum absolute atomic E-state index is 13.2. The monoisotopic (exact) mass is 386 g/mol. The van der Waals surface area contributed by atoms with Crippen LogP contribution in [0.3, 0.4) is 0 Å². The molecule has 3 heterocycles. The molecule has 27 heavy (non-hydrogen) atoms. The van der Waals surface area contributed by atoms with E-state index in [0.29, 0.717) is 35.0 Å². The topological polar surface area (TPSA) is 94.6 Å². The van der Waals surface area contributed by atoms with Crippen molar-refractivity contribution in [3.63, 3.8) is 0 Å². The molecule has 0 saturated heterocycles. The third-order valence-electron chi connectivity index (χ3n) is 4.67. The van der Waals surface area contributed by atoms with Gasteiger partial charge in [-0.05, 0) is 31.7 Å². The summed E-state index contributed by atoms with van der Waals surface area (Å²) >= 11 is 6.26. The molecule has 140 valence electrons. The molecule has 0 aliphatic heterocycles. The van der Waals surface area contributed by atoms with Crippen LogP contribution in [-0.2, 0) is 7.05 Å². The van der Waals surface area contributed by atoms with Crippen molar-refractivity contribution in [2.45, 2.75) is 25.8 Å². The van der Waals surface area contributed by atoms with Crippen molar-refractivity contribution in [2.24, 2.45) is 13.0 Å². The second-order valence-corrected chi connectivity index (χ2v) is 6.99. The zero-order valence-electron chi connectivity index (χ0n) is 15.0. The number of nitrogens with zero attached hydrogens (tertiary/aromatic N) is 8. The van der Waals surface area contributed by atoms with Gasteiger partial charge < -0.3 is 4.90 Å². The number of hydrogen-bond donors (Lipinski definition) is 0. The minimum atomic E-state index is -0.333. The average molecular weight is 387 g/mol. The standard InChI is InChI=1S/C17H19ClN8O/c1-11(15-21-10-23-26(15)17-19-6-3-7-20-17)25(9-12-4-5-12)16(27)13-8-22-24(2)14(13)18/h3,6-8,10-12H,4-5,9H2,1-2H3. The van der Waals surface area contributed by atoms with E-state index in [1.54, 1.807) is 35.1 Å². The summed E-state index contributed by atoms with van der Waals surface area (Å²) in [5.74, 6) is 1.33. The molecule has 3 aromatic rings. The molecular weight excluding hydrogens is 368 g/mol. The molecule has 1 amide bonds. The normalized spacial score (nSPS) is 14.9. The van der Waals surface area contributed by atoms with Gasteiger partial charge in [0, 0.05) is 26.0 Å². The number of carbonyl (C=O) groups excluding carboxylic acids is 1. The lowest BCUT2D eigenvalue weighted by Gasteiger charge is -2.28. The molecule has 1 atom stereocenters. The predicted octanol–water partition coefficient (Wildman–Crippen LogP) is 2.06. The van der Waals surface area contributed by atoms with Gasteiger partial charge in [-0.2, -0.15) is 14.9 Å². The summed E-state index contributed by atoms with van der Waals surface area (Å²) in [6.07, 6.45) is 8.46. The fourth-order valence-corrected chi connectivity index (χ4v) is 3.12. The molecule has 0 bridgehead atoms. The van der Waals surface area contributed by atoms with Crippen molar-refractivity contribution in [1.29, 1.82) is 0 Å². The van der Waals surface area contributed by atoms with Crippen LogP contribution in [0.25, 0.3) is 5.95 Å². The van der Waals surface area contributed by atoms with Crippen LogP contribution in [-0.4, -0.2) is 51.9 Å². The zero-order valence-corrected chi connectivity index (χ0v) is 15.8. The summed E-state index contributed by atoms with van der Waals surface area (Å²) in [7, 11) is 1.71. The van der Waals surface area contributed by atoms with Gasteiger partial charge in [0.25, 0.3) is 11.9 Å². The minimum absolute atomic E-state index is 0.170. The first kappa shape index (κ1) is 17.6. The molecule has 1 fully saturated rings. The fraction of sp³-hybridized carbons (Fsp3) is 0.412. The van der Waals surface area contributed by atoms with E-state index < -0.39 is 0 Å². The lowest BCUT2D eigenvalue weighted by molar-refractivity contribution is 0.0670. The Morgan fingerprint density at radius 3 is 2.67 bits per heavy atom. The third-order valence-corrected chi connectivity index (χ3v) is 5.11. The van der Waals surface area contributed by atoms with Crippen LogP contribution in [0.1, 0.15) is 42.0 Å². The summed E-state index contributed by atoms with van der Waals surface area (Å²) in [6, 6.07) is 1.40. The Kier molecular flexibility index (Phi) is 4.61. The van der Waals surface area contributed by atoms with Crippen LogP contribution in [0.15, 0.2) is 31.0 Å². The zero-order chi connectivity index (χ0) is 19.0. The third kappa shape index (κ3) is 3.42. The Bertz CT molecular complexity index is 949. The van der Waals surface area contributed by atoms with E-state index in [9.17, 15) is 4.79 Å². The van der Waals surface area contributed by atoms with E-state index in [4.69, 9.17) is 11.6 Å². The van der Waals surface area contributed by atoms with Crippen molar-refractivity contribution in [3.8, 4) is 5.95 Å². The fourth-order valence-electron chi connectivity index (χ4n) is 2.95. The van der Waals surface area contributed by atoms with Crippen molar-refractivity contribution in [2.75, 3.05) is 6.54 Å². The molecule has 0 radical (unpaired) electrons. The summed E-state index contributed by atoms with van der Waals surface area (Å²) in [5, 5.41) is 8.64. The van der Waals surface area contributed by atoms with Crippen LogP contribution in [0.4, 0.5) is 0 Å². The van der Waals surface area contributed by atoms with Gasteiger partial charge in [0.05, 0.1) is 17.8 Å². The van der Waals surface area contributed by atoms with Crippen LogP contribution in [0.5, 0.6) is 0 Å². The molecule has 9 nitrogen and oxygen atoms in total. The maximum atomic E-state index is 13.2. The number of amides is 1. The lowest BCUT2D eigenvalue weighted by Crippen LogP contribution is -2.36. The van der Waals surface area contributed by atoms with E-state index in [-0.39, 0.29) is 11.9 Å². The highest BCUT2D eigenvalue weighted by molar-refractivity contribution is 6.32. The SMILES string of the molecule is CC(c1ncnn1-c1ncccn1)N(CC1CC1)C(=O)c1cnn(C)c1Cl. The van der Waals surface area contributed by atoms with Gasteiger partial charge in [-0.25, -0.2) is 15.0 Å². The second-order valence-electron chi connectivity index (χ2n) is 6.63. The van der Waals surface area contributed by atoms with Crippen LogP contribution in [0, 0.1) is 5.92 Å². The lowest BCUT2D eigenvalue weighted by atomic mass is 10.2. The highest BCUT2D eigenvalue weighted by Crippen LogP contribution is 2.34. The van der Waals surface area contributed by atoms with Gasteiger partial charge in [0.15, 0.2) is 5.82 Å². The quantitative estimate of drug-likeness (QED) is 0.643. The first-order chi connectivity index (χ1) is 13.1. The molecule has 1 aliphatic rings. The van der Waals surface area contributed by atoms with Crippen molar-refractivity contribution < 1.29 is 4.79 Å². The van der Waals surface area contributed by atoms with Crippen LogP contribution >= 0.6 is 11.6 Å². The van der Waals surface area contributed by atoms with Crippen molar-refractivity contribution in [1.82, 2.24) is 39.4 Å². The van der Waals surface area contributed by atoms with Crippen molar-refractivity contribution >= 4 is 17.5 Å². The van der Waals surface area contributed by atoms with Gasteiger partial charge in [-0.1, -0.05) is 11.6 Å². The molecule has 10 heteroatoms. The second kappa shape index (κ2) is 7.07. The van der Waals surface area contributed by atoms with Crippen molar-refractivity contribution in [3.05, 3.63) is 47.5 Å². The number of halogens is 1. The van der Waals surface area contributed by atoms with Crippen LogP contribution < -0.4 is 0 Å². The highest BCUT2D eigenvalue weighted by atomic mass is 35.5. The molecule has 0 aromatic carbocycles. The number of hydrogen-bond acceptors (Lipinski definition) is 6. The van der Waals surface area contributed by atoms with Gasteiger partial charge >= 0.3 is 0 Å². The smallest absolute Gasteiger partial charge is 0.259 e. The first-order valence-corrected chi connectivity index (χ1v) is 9.10. The Labute approximate surface area is 161 Å². The molecule has 0 N–H and O–H groups in total. The molecule has 3 aromatic heterocycles. The predicted molar refractivity (Wildman–Crippen MR) is 97.3 cm³/mol. The molecule has 1 saturated carbocycles. The maximum Gasteiger partial charge on any atom is 0.259 e. The molecule has 0 spiro atoms. The number of aromatic nitrogens is 7. The largest absolute Gasteiger partial charge is 0.328 e. The number of carbonyl (C=O) groups is 1. The molecule has 4 rings (SSSR count).